The molecular formula is C24H19FeN3O2+2. The molecule has 0 saturated heterocycles. The molecule has 2 aliphatic carbocycles. The summed E-state index contributed by atoms with van der Waals surface area (Å²) < 4.78 is 7.38. The van der Waals surface area contributed by atoms with Gasteiger partial charge in [-0.3, -0.25) is 4.79 Å². The Morgan fingerprint density at radius 2 is 1.53 bits per heavy atom. The Bertz CT molecular complexity index is 912. The SMILES string of the molecule is O=C([C]1[CH][CH][CH][CH]1)C(Oc1ccc2ccccc2c1)n1cncn1.[CH]1[CH][CH][CH][CH]1.[Fe+2]. The molecule has 148 valence electrons. The number of nitrogens with zero attached hydrogens (tertiary/aromatic N) is 3. The van der Waals surface area contributed by atoms with Crippen molar-refractivity contribution in [2.45, 2.75) is 6.23 Å². The van der Waals surface area contributed by atoms with Crippen LogP contribution in [0, 0.1) is 63.7 Å². The zero-order chi connectivity index (χ0) is 19.9. The first kappa shape index (κ1) is 22.5. The van der Waals surface area contributed by atoms with E-state index in [9.17, 15) is 4.79 Å². The number of rotatable bonds is 5. The van der Waals surface area contributed by atoms with E-state index in [1.165, 1.54) is 17.3 Å². The van der Waals surface area contributed by atoms with Gasteiger partial charge in [0.05, 0.1) is 5.92 Å². The Hall–Kier alpha value is -2.17. The predicted octanol–water partition coefficient (Wildman–Crippen LogP) is 4.00. The summed E-state index contributed by atoms with van der Waals surface area (Å²) >= 11 is 0. The van der Waals surface area contributed by atoms with Gasteiger partial charge in [0.25, 0.3) is 6.23 Å². The number of aromatic nitrogens is 3. The molecule has 2 aromatic carbocycles. The fraction of sp³-hybridized carbons (Fsp3) is 0.0417. The summed E-state index contributed by atoms with van der Waals surface area (Å²) in [7, 11) is 0. The van der Waals surface area contributed by atoms with Gasteiger partial charge in [0, 0.05) is 0 Å². The molecule has 0 aliphatic heterocycles. The first-order valence-electron chi connectivity index (χ1n) is 9.23. The molecular weight excluding hydrogens is 418 g/mol. The average molecular weight is 437 g/mol. The van der Waals surface area contributed by atoms with E-state index >= 15 is 0 Å². The summed E-state index contributed by atoms with van der Waals surface area (Å²) in [4.78, 5) is 16.7. The maximum Gasteiger partial charge on any atom is 2.00 e. The first-order valence-corrected chi connectivity index (χ1v) is 9.23. The van der Waals surface area contributed by atoms with Gasteiger partial charge in [-0.15, -0.1) is 0 Å². The minimum atomic E-state index is -0.893. The summed E-state index contributed by atoms with van der Waals surface area (Å²) in [6, 6.07) is 13.7. The summed E-state index contributed by atoms with van der Waals surface area (Å²) in [6.45, 7) is 0. The van der Waals surface area contributed by atoms with Crippen molar-refractivity contribution in [1.82, 2.24) is 14.8 Å². The largest absolute Gasteiger partial charge is 2.00 e. The Balaban J connectivity index is 0.000000376. The minimum absolute atomic E-state index is 0. The number of hydrogen-bond donors (Lipinski definition) is 0. The summed E-state index contributed by atoms with van der Waals surface area (Å²) in [5.41, 5.74) is 0. The van der Waals surface area contributed by atoms with Crippen LogP contribution in [0.1, 0.15) is 6.23 Å². The zero-order valence-corrected chi connectivity index (χ0v) is 17.1. The molecule has 2 aliphatic rings. The second-order valence-electron chi connectivity index (χ2n) is 6.35. The van der Waals surface area contributed by atoms with Crippen LogP contribution in [0.4, 0.5) is 0 Å². The second-order valence-corrected chi connectivity index (χ2v) is 6.35. The second kappa shape index (κ2) is 11.3. The van der Waals surface area contributed by atoms with Crippen LogP contribution in [0.2, 0.25) is 0 Å². The standard InChI is InChI=1S/C19H14N3O2.C5H5.Fe/c23-18(15-6-2-3-7-15)19(22-13-20-12-21-22)24-17-10-9-14-5-1-4-8-16(14)11-17;1-2-4-5-3-1;/h1-13,19H;1-5H;/q;;+2. The molecule has 2 saturated carbocycles. The van der Waals surface area contributed by atoms with Gasteiger partial charge >= 0.3 is 17.1 Å². The van der Waals surface area contributed by atoms with E-state index in [2.05, 4.69) is 10.1 Å². The molecule has 5 rings (SSSR count). The molecule has 1 aromatic heterocycles. The monoisotopic (exact) mass is 437 g/mol. The molecule has 2 fully saturated rings. The molecule has 0 bridgehead atoms. The fourth-order valence-corrected chi connectivity index (χ4v) is 2.94. The van der Waals surface area contributed by atoms with E-state index < -0.39 is 6.23 Å². The molecule has 6 heteroatoms. The van der Waals surface area contributed by atoms with E-state index in [0.717, 1.165) is 10.8 Å². The summed E-state index contributed by atoms with van der Waals surface area (Å²) in [5, 5.41) is 6.23. The topological polar surface area (TPSA) is 57.0 Å². The van der Waals surface area contributed by atoms with Crippen molar-refractivity contribution in [3.05, 3.63) is 119 Å². The number of ketones is 1. The third kappa shape index (κ3) is 5.71. The van der Waals surface area contributed by atoms with E-state index in [1.54, 1.807) is 12.8 Å². The van der Waals surface area contributed by atoms with Crippen molar-refractivity contribution in [1.29, 1.82) is 0 Å². The third-order valence-electron chi connectivity index (χ3n) is 4.37. The maximum atomic E-state index is 12.8. The average Bonchev–Trinajstić information content (AvgIpc) is 3.55. The smallest absolute Gasteiger partial charge is 0.461 e. The molecule has 30 heavy (non-hydrogen) atoms. The molecule has 10 radical (unpaired) electrons. The van der Waals surface area contributed by atoms with Crippen molar-refractivity contribution < 1.29 is 26.6 Å². The van der Waals surface area contributed by atoms with Gasteiger partial charge in [0.1, 0.15) is 18.4 Å². The molecule has 5 nitrogen and oxygen atoms in total. The fourth-order valence-electron chi connectivity index (χ4n) is 2.94. The maximum absolute atomic E-state index is 12.8. The summed E-state index contributed by atoms with van der Waals surface area (Å²) in [5.74, 6) is 1.02. The van der Waals surface area contributed by atoms with Gasteiger partial charge in [-0.05, 0) is 80.7 Å². The number of carbonyl (C=O) groups is 1. The van der Waals surface area contributed by atoms with E-state index in [0.29, 0.717) is 11.7 Å². The molecule has 1 atom stereocenters. The van der Waals surface area contributed by atoms with Crippen LogP contribution in [-0.2, 0) is 21.9 Å². The van der Waals surface area contributed by atoms with Crippen LogP contribution in [0.25, 0.3) is 10.8 Å². The Morgan fingerprint density at radius 1 is 0.867 bits per heavy atom. The molecule has 1 unspecified atom stereocenters. The van der Waals surface area contributed by atoms with Gasteiger partial charge < -0.3 is 4.74 Å². The first-order chi connectivity index (χ1) is 14.3. The number of hydrogen-bond acceptors (Lipinski definition) is 4. The van der Waals surface area contributed by atoms with Crippen LogP contribution in [0.5, 0.6) is 5.75 Å². The van der Waals surface area contributed by atoms with Crippen LogP contribution in [-0.4, -0.2) is 20.5 Å². The van der Waals surface area contributed by atoms with Crippen LogP contribution in [0.15, 0.2) is 55.1 Å². The van der Waals surface area contributed by atoms with Gasteiger partial charge in [-0.25, -0.2) is 9.67 Å². The van der Waals surface area contributed by atoms with Gasteiger partial charge in [-0.2, -0.15) is 5.10 Å². The number of ether oxygens (including phenoxy) is 1. The number of fused-ring (bicyclic) bond motifs is 1. The Kier molecular flexibility index (Phi) is 8.47. The molecule has 0 spiro atoms. The Morgan fingerprint density at radius 3 is 2.17 bits per heavy atom. The minimum Gasteiger partial charge on any atom is -0.461 e. The number of carbonyl (C=O) groups excluding carboxylic acids is 1. The van der Waals surface area contributed by atoms with Gasteiger partial charge in [0.15, 0.2) is 0 Å². The van der Waals surface area contributed by atoms with Gasteiger partial charge in [-0.1, -0.05) is 30.3 Å². The molecule has 1 heterocycles. The predicted molar refractivity (Wildman–Crippen MR) is 111 cm³/mol. The van der Waals surface area contributed by atoms with Crippen molar-refractivity contribution in [2.24, 2.45) is 0 Å². The van der Waals surface area contributed by atoms with E-state index in [1.807, 2.05) is 87.4 Å². The number of benzene rings is 2. The van der Waals surface area contributed by atoms with E-state index in [4.69, 9.17) is 4.74 Å². The van der Waals surface area contributed by atoms with Gasteiger partial charge in [0.2, 0.25) is 5.78 Å². The Labute approximate surface area is 188 Å². The molecule has 0 N–H and O–H groups in total. The van der Waals surface area contributed by atoms with Crippen molar-refractivity contribution in [3.8, 4) is 5.75 Å². The molecule has 0 amide bonds. The van der Waals surface area contributed by atoms with E-state index in [-0.39, 0.29) is 22.9 Å². The third-order valence-corrected chi connectivity index (χ3v) is 4.37. The van der Waals surface area contributed by atoms with Crippen molar-refractivity contribution in [3.63, 3.8) is 0 Å². The van der Waals surface area contributed by atoms with Crippen LogP contribution >= 0.6 is 0 Å². The van der Waals surface area contributed by atoms with Crippen LogP contribution < -0.4 is 4.74 Å². The number of Topliss-reactive ketones (excluding diaryl/α,β-unsaturated/α-hetero) is 1. The normalized spacial score (nSPS) is 17.1. The quantitative estimate of drug-likeness (QED) is 0.567. The van der Waals surface area contributed by atoms with Crippen LogP contribution in [0.3, 0.4) is 0 Å². The molecule has 3 aromatic rings. The van der Waals surface area contributed by atoms with Crippen molar-refractivity contribution >= 4 is 16.6 Å². The van der Waals surface area contributed by atoms with Crippen molar-refractivity contribution in [2.75, 3.05) is 0 Å². The zero-order valence-electron chi connectivity index (χ0n) is 16.0. The summed E-state index contributed by atoms with van der Waals surface area (Å²) in [6.07, 6.45) is 19.1.